The van der Waals surface area contributed by atoms with Crippen LogP contribution in [0.15, 0.2) is 0 Å². The van der Waals surface area contributed by atoms with Crippen molar-refractivity contribution in [3.63, 3.8) is 0 Å². The molecule has 0 saturated heterocycles. The largest absolute Gasteiger partial charge is 0.384 e. The molecular formula is C9H16BrN3O. The molecule has 0 aliphatic heterocycles. The molecule has 1 heterocycles. The molecule has 5 heteroatoms. The third kappa shape index (κ3) is 2.54. The van der Waals surface area contributed by atoms with Gasteiger partial charge in [0.1, 0.15) is 11.6 Å². The average Bonchev–Trinajstić information content (AvgIpc) is 2.57. The van der Waals surface area contributed by atoms with Crippen molar-refractivity contribution in [1.29, 1.82) is 0 Å². The molecule has 0 aromatic carbocycles. The van der Waals surface area contributed by atoms with Crippen molar-refractivity contribution < 1.29 is 4.74 Å². The minimum absolute atomic E-state index is 0.393. The summed E-state index contributed by atoms with van der Waals surface area (Å²) < 4.78 is 7.18. The molecule has 0 bridgehead atoms. The lowest BCUT2D eigenvalue weighted by atomic mass is 10.3. The number of hydrogen-bond donors (Lipinski definition) is 0. The number of ether oxygens (including phenoxy) is 1. The van der Waals surface area contributed by atoms with Crippen LogP contribution in [0.25, 0.3) is 0 Å². The van der Waals surface area contributed by atoms with Crippen LogP contribution in [-0.2, 0) is 16.5 Å². The topological polar surface area (TPSA) is 39.9 Å². The maximum Gasteiger partial charge on any atom is 0.143 e. The Labute approximate surface area is 92.8 Å². The highest BCUT2D eigenvalue weighted by Gasteiger charge is 2.12. The van der Waals surface area contributed by atoms with Gasteiger partial charge in [-0.25, -0.2) is 0 Å². The van der Waals surface area contributed by atoms with Crippen molar-refractivity contribution >= 4 is 15.9 Å². The van der Waals surface area contributed by atoms with E-state index in [2.05, 4.69) is 44.5 Å². The molecule has 80 valence electrons. The summed E-state index contributed by atoms with van der Waals surface area (Å²) >= 11 is 3.40. The van der Waals surface area contributed by atoms with Crippen molar-refractivity contribution in [2.75, 3.05) is 13.7 Å². The summed E-state index contributed by atoms with van der Waals surface area (Å²) in [5.74, 6) is 1.97. The molecule has 0 amide bonds. The third-order valence-corrected chi connectivity index (χ3v) is 2.50. The molecule has 0 aliphatic rings. The second-order valence-corrected chi connectivity index (χ2v) is 3.93. The van der Waals surface area contributed by atoms with Gasteiger partial charge in [-0.05, 0) is 13.8 Å². The van der Waals surface area contributed by atoms with Crippen molar-refractivity contribution in [3.8, 4) is 0 Å². The predicted octanol–water partition coefficient (Wildman–Crippen LogP) is 1.94. The maximum atomic E-state index is 5.03. The third-order valence-electron chi connectivity index (χ3n) is 2.00. The van der Waals surface area contributed by atoms with Gasteiger partial charge in [-0.15, -0.1) is 10.2 Å². The second-order valence-electron chi connectivity index (χ2n) is 3.37. The molecule has 0 aliphatic carbocycles. The minimum Gasteiger partial charge on any atom is -0.384 e. The number of methoxy groups -OCH3 is 1. The molecule has 0 radical (unpaired) electrons. The summed E-state index contributed by atoms with van der Waals surface area (Å²) in [6.07, 6.45) is 0.814. The van der Waals surface area contributed by atoms with Gasteiger partial charge in [0, 0.05) is 19.6 Å². The van der Waals surface area contributed by atoms with Crippen LogP contribution < -0.4 is 0 Å². The first-order valence-corrected chi connectivity index (χ1v) is 5.80. The van der Waals surface area contributed by atoms with Crippen LogP contribution in [0.5, 0.6) is 0 Å². The molecule has 1 rings (SSSR count). The van der Waals surface area contributed by atoms with Gasteiger partial charge >= 0.3 is 0 Å². The molecule has 1 aromatic heterocycles. The van der Waals surface area contributed by atoms with E-state index in [-0.39, 0.29) is 0 Å². The van der Waals surface area contributed by atoms with Crippen LogP contribution >= 0.6 is 15.9 Å². The number of rotatable bonds is 5. The molecule has 0 spiro atoms. The van der Waals surface area contributed by atoms with E-state index in [9.17, 15) is 0 Å². The molecule has 0 saturated carbocycles. The van der Waals surface area contributed by atoms with Crippen LogP contribution in [0, 0.1) is 0 Å². The van der Waals surface area contributed by atoms with Crippen LogP contribution in [0.1, 0.15) is 31.5 Å². The molecule has 0 atom stereocenters. The quantitative estimate of drug-likeness (QED) is 0.761. The highest BCUT2D eigenvalue weighted by Crippen LogP contribution is 2.14. The van der Waals surface area contributed by atoms with Gasteiger partial charge in [-0.3, -0.25) is 0 Å². The number of halogens is 1. The number of hydrogen-bond acceptors (Lipinski definition) is 3. The Morgan fingerprint density at radius 1 is 1.36 bits per heavy atom. The van der Waals surface area contributed by atoms with Crippen LogP contribution in [-0.4, -0.2) is 28.5 Å². The first kappa shape index (κ1) is 11.7. The van der Waals surface area contributed by atoms with Crippen molar-refractivity contribution in [2.45, 2.75) is 31.6 Å². The summed E-state index contributed by atoms with van der Waals surface area (Å²) in [5.41, 5.74) is 0. The fourth-order valence-corrected chi connectivity index (χ4v) is 1.79. The van der Waals surface area contributed by atoms with Crippen LogP contribution in [0.2, 0.25) is 0 Å². The fourth-order valence-electron chi connectivity index (χ4n) is 1.41. The number of alkyl halides is 1. The Bertz CT molecular complexity index is 286. The van der Waals surface area contributed by atoms with E-state index in [1.165, 1.54) is 0 Å². The molecule has 1 aromatic rings. The molecule has 0 unspecified atom stereocenters. The van der Waals surface area contributed by atoms with E-state index in [1.54, 1.807) is 7.11 Å². The number of aromatic nitrogens is 3. The van der Waals surface area contributed by atoms with Gasteiger partial charge in [0.05, 0.1) is 11.9 Å². The smallest absolute Gasteiger partial charge is 0.143 e. The Morgan fingerprint density at radius 3 is 2.50 bits per heavy atom. The van der Waals surface area contributed by atoms with E-state index in [4.69, 9.17) is 4.74 Å². The Morgan fingerprint density at radius 2 is 2.00 bits per heavy atom. The zero-order valence-corrected chi connectivity index (χ0v) is 10.4. The van der Waals surface area contributed by atoms with E-state index in [0.717, 1.165) is 23.4 Å². The first-order chi connectivity index (χ1) is 6.70. The Hall–Kier alpha value is -0.420. The average molecular weight is 262 g/mol. The summed E-state index contributed by atoms with van der Waals surface area (Å²) in [7, 11) is 1.70. The summed E-state index contributed by atoms with van der Waals surface area (Å²) in [6.45, 7) is 4.95. The van der Waals surface area contributed by atoms with Gasteiger partial charge in [0.25, 0.3) is 0 Å². The monoisotopic (exact) mass is 261 g/mol. The highest BCUT2D eigenvalue weighted by atomic mass is 79.9. The van der Waals surface area contributed by atoms with E-state index < -0.39 is 0 Å². The van der Waals surface area contributed by atoms with Gasteiger partial charge in [0.15, 0.2) is 0 Å². The SMILES string of the molecule is COCCc1nnc(CBr)n1C(C)C. The lowest BCUT2D eigenvalue weighted by molar-refractivity contribution is 0.199. The Kier molecular flexibility index (Phi) is 4.54. The van der Waals surface area contributed by atoms with E-state index in [0.29, 0.717) is 12.6 Å². The highest BCUT2D eigenvalue weighted by molar-refractivity contribution is 9.08. The standard InChI is InChI=1S/C9H16BrN3O/c1-7(2)13-8(4-5-14-3)11-12-9(13)6-10/h7H,4-6H2,1-3H3. The zero-order chi connectivity index (χ0) is 10.6. The first-order valence-electron chi connectivity index (χ1n) is 4.68. The van der Waals surface area contributed by atoms with Gasteiger partial charge in [0.2, 0.25) is 0 Å². The fraction of sp³-hybridized carbons (Fsp3) is 0.778. The lowest BCUT2D eigenvalue weighted by Gasteiger charge is -2.12. The van der Waals surface area contributed by atoms with E-state index >= 15 is 0 Å². The maximum absolute atomic E-state index is 5.03. The zero-order valence-electron chi connectivity index (χ0n) is 8.83. The predicted molar refractivity (Wildman–Crippen MR) is 58.6 cm³/mol. The van der Waals surface area contributed by atoms with Gasteiger partial charge in [-0.1, -0.05) is 15.9 Å². The molecule has 0 N–H and O–H groups in total. The molecule has 4 nitrogen and oxygen atoms in total. The molecule has 14 heavy (non-hydrogen) atoms. The lowest BCUT2D eigenvalue weighted by Crippen LogP contribution is -2.11. The van der Waals surface area contributed by atoms with Gasteiger partial charge in [-0.2, -0.15) is 0 Å². The summed E-state index contributed by atoms with van der Waals surface area (Å²) in [5, 5.41) is 9.01. The number of nitrogens with zero attached hydrogens (tertiary/aromatic N) is 3. The van der Waals surface area contributed by atoms with Crippen LogP contribution in [0.3, 0.4) is 0 Å². The molecule has 0 fully saturated rings. The summed E-state index contributed by atoms with van der Waals surface area (Å²) in [4.78, 5) is 0. The van der Waals surface area contributed by atoms with Crippen LogP contribution in [0.4, 0.5) is 0 Å². The molecular weight excluding hydrogens is 246 g/mol. The van der Waals surface area contributed by atoms with E-state index in [1.807, 2.05) is 0 Å². The van der Waals surface area contributed by atoms with Crippen molar-refractivity contribution in [3.05, 3.63) is 11.6 Å². The normalized spacial score (nSPS) is 11.2. The summed E-state index contributed by atoms with van der Waals surface area (Å²) in [6, 6.07) is 0.393. The minimum atomic E-state index is 0.393. The van der Waals surface area contributed by atoms with Gasteiger partial charge < -0.3 is 9.30 Å². The van der Waals surface area contributed by atoms with Crippen molar-refractivity contribution in [1.82, 2.24) is 14.8 Å². The second kappa shape index (κ2) is 5.46. The van der Waals surface area contributed by atoms with Crippen molar-refractivity contribution in [2.24, 2.45) is 0 Å². The Balaban J connectivity index is 2.87.